The number of Topliss-reactive ketones (excluding diaryl/α,β-unsaturated/α-hetero) is 2. The van der Waals surface area contributed by atoms with E-state index in [0.717, 1.165) is 18.4 Å². The fourth-order valence-corrected chi connectivity index (χ4v) is 8.51. The second-order valence-electron chi connectivity index (χ2n) is 11.0. The minimum atomic E-state index is -2.31. The van der Waals surface area contributed by atoms with E-state index in [9.17, 15) is 30.0 Å². The monoisotopic (exact) mass is 513 g/mol. The first-order valence-corrected chi connectivity index (χ1v) is 13.9. The molecule has 0 spiro atoms. The number of aromatic hydroxyl groups is 1. The number of likely N-dealkylation sites (N-methyl/N-ethyl adjacent to an activating group) is 1. The lowest BCUT2D eigenvalue weighted by Crippen LogP contribution is -2.65. The number of thioether (sulfide) groups is 1. The molecule has 5 atom stereocenters. The first kappa shape index (κ1) is 25.4. The van der Waals surface area contributed by atoms with Gasteiger partial charge in [0.2, 0.25) is 5.78 Å². The number of carbonyl (C=O) groups excluding carboxylic acids is 2. The zero-order valence-electron chi connectivity index (χ0n) is 21.0. The van der Waals surface area contributed by atoms with Gasteiger partial charge in [-0.05, 0) is 57.8 Å². The molecule has 36 heavy (non-hydrogen) atoms. The molecule has 0 heterocycles. The third-order valence-corrected chi connectivity index (χ3v) is 10.3. The van der Waals surface area contributed by atoms with Crippen LogP contribution in [-0.4, -0.2) is 73.6 Å². The van der Waals surface area contributed by atoms with Crippen molar-refractivity contribution in [3.63, 3.8) is 0 Å². The van der Waals surface area contributed by atoms with Gasteiger partial charge in [-0.1, -0.05) is 31.4 Å². The number of fused-ring (bicyclic) bond motifs is 3. The number of ketones is 2. The van der Waals surface area contributed by atoms with Crippen LogP contribution in [-0.2, 0) is 9.59 Å². The van der Waals surface area contributed by atoms with E-state index in [-0.39, 0.29) is 46.3 Å². The first-order valence-electron chi connectivity index (χ1n) is 12.8. The Hall–Kier alpha value is -2.29. The van der Waals surface area contributed by atoms with E-state index >= 15 is 0 Å². The van der Waals surface area contributed by atoms with Gasteiger partial charge >= 0.3 is 0 Å². The van der Waals surface area contributed by atoms with Crippen LogP contribution in [0.2, 0.25) is 0 Å². The number of aliphatic hydroxyl groups is 3. The summed E-state index contributed by atoms with van der Waals surface area (Å²) >= 11 is 1.87. The average molecular weight is 514 g/mol. The van der Waals surface area contributed by atoms with E-state index in [1.54, 1.807) is 25.1 Å². The molecule has 1 aromatic rings. The number of nitrogens with zero attached hydrogens (tertiary/aromatic N) is 1. The molecule has 194 valence electrons. The number of hydrogen-bond acceptors (Lipinski definition) is 8. The highest BCUT2D eigenvalue weighted by atomic mass is 32.2. The molecule has 5 rings (SSSR count). The highest BCUT2D eigenvalue weighted by Gasteiger charge is 2.64. The van der Waals surface area contributed by atoms with Gasteiger partial charge in [-0.25, -0.2) is 0 Å². The molecule has 2 fully saturated rings. The number of phenols is 1. The zero-order chi connectivity index (χ0) is 25.9. The average Bonchev–Trinajstić information content (AvgIpc) is 2.85. The Morgan fingerprint density at radius 3 is 2.44 bits per heavy atom. The van der Waals surface area contributed by atoms with E-state index in [2.05, 4.69) is 0 Å². The van der Waals surface area contributed by atoms with E-state index in [0.29, 0.717) is 11.0 Å². The summed E-state index contributed by atoms with van der Waals surface area (Å²) in [5.74, 6) is -2.98. The molecule has 4 N–H and O–H groups in total. The van der Waals surface area contributed by atoms with Crippen molar-refractivity contribution in [2.24, 2.45) is 11.8 Å². The number of benzene rings is 1. The summed E-state index contributed by atoms with van der Waals surface area (Å²) in [5.41, 5.74) is -1.30. The summed E-state index contributed by atoms with van der Waals surface area (Å²) in [5, 5.41) is 45.3. The molecule has 0 aromatic heterocycles. The van der Waals surface area contributed by atoms with Crippen LogP contribution in [0.4, 0.5) is 0 Å². The Labute approximate surface area is 215 Å². The third-order valence-electron chi connectivity index (χ3n) is 8.81. The van der Waals surface area contributed by atoms with Gasteiger partial charge in [-0.15, -0.1) is 0 Å². The van der Waals surface area contributed by atoms with Gasteiger partial charge in [-0.2, -0.15) is 11.8 Å². The van der Waals surface area contributed by atoms with Crippen LogP contribution >= 0.6 is 11.8 Å². The largest absolute Gasteiger partial charge is 0.508 e. The fourth-order valence-electron chi connectivity index (χ4n) is 6.95. The maximum atomic E-state index is 14.0. The van der Waals surface area contributed by atoms with E-state index in [1.165, 1.54) is 32.3 Å². The molecular formula is C28H35NO6S. The van der Waals surface area contributed by atoms with Crippen molar-refractivity contribution in [1.82, 2.24) is 4.90 Å². The molecule has 5 unspecified atom stereocenters. The van der Waals surface area contributed by atoms with Crippen molar-refractivity contribution in [3.05, 3.63) is 46.2 Å². The Balaban J connectivity index is 1.64. The van der Waals surface area contributed by atoms with Gasteiger partial charge in [0, 0.05) is 34.0 Å². The Kier molecular flexibility index (Phi) is 6.50. The highest BCUT2D eigenvalue weighted by molar-refractivity contribution is 7.99. The predicted octanol–water partition coefficient (Wildman–Crippen LogP) is 4.11. The summed E-state index contributed by atoms with van der Waals surface area (Å²) in [6.45, 7) is 1.42. The smallest absolute Gasteiger partial charge is 0.202 e. The predicted molar refractivity (Wildman–Crippen MR) is 139 cm³/mol. The van der Waals surface area contributed by atoms with Crippen LogP contribution in [0.25, 0.3) is 5.76 Å². The summed E-state index contributed by atoms with van der Waals surface area (Å²) in [4.78, 5) is 28.9. The SMILES string of the molecule is CC1=C(O)C2(O)C(=O)C3=C(O)c4c(O)cccc4C(CSC4CCCCC4)C3CC2C(N(C)C)C1=O. The topological polar surface area (TPSA) is 118 Å². The Morgan fingerprint density at radius 2 is 1.78 bits per heavy atom. The first-order chi connectivity index (χ1) is 17.1. The molecule has 2 saturated carbocycles. The van der Waals surface area contributed by atoms with Crippen molar-refractivity contribution in [1.29, 1.82) is 0 Å². The Bertz CT molecular complexity index is 1170. The van der Waals surface area contributed by atoms with Crippen molar-refractivity contribution < 1.29 is 30.0 Å². The summed E-state index contributed by atoms with van der Waals surface area (Å²) < 4.78 is 0. The normalized spacial score (nSPS) is 33.0. The molecule has 0 aliphatic heterocycles. The van der Waals surface area contributed by atoms with Crippen molar-refractivity contribution >= 4 is 29.1 Å². The fraction of sp³-hybridized carbons (Fsp3) is 0.571. The second kappa shape index (κ2) is 9.23. The van der Waals surface area contributed by atoms with Gasteiger partial charge in [0.15, 0.2) is 11.4 Å². The number of aliphatic hydroxyl groups excluding tert-OH is 2. The number of hydrogen-bond donors (Lipinski definition) is 4. The molecule has 0 bridgehead atoms. The number of rotatable bonds is 4. The maximum absolute atomic E-state index is 14.0. The molecule has 0 amide bonds. The number of carbonyl (C=O) groups is 2. The Morgan fingerprint density at radius 1 is 1.08 bits per heavy atom. The molecule has 7 nitrogen and oxygen atoms in total. The lowest BCUT2D eigenvalue weighted by molar-refractivity contribution is -0.153. The van der Waals surface area contributed by atoms with Gasteiger partial charge in [0.05, 0.1) is 11.6 Å². The summed E-state index contributed by atoms with van der Waals surface area (Å²) in [6.07, 6.45) is 6.23. The van der Waals surface area contributed by atoms with Crippen molar-refractivity contribution in [3.8, 4) is 5.75 Å². The molecule has 1 aromatic carbocycles. The van der Waals surface area contributed by atoms with Gasteiger partial charge < -0.3 is 20.4 Å². The minimum Gasteiger partial charge on any atom is -0.508 e. The molecule has 4 aliphatic carbocycles. The van der Waals surface area contributed by atoms with Crippen molar-refractivity contribution in [2.75, 3.05) is 19.8 Å². The molecule has 0 radical (unpaired) electrons. The molecule has 4 aliphatic rings. The standard InChI is InChI=1S/C28H35NO6S/c1-14-24(31)23(29(2)3)19-12-17-18(13-36-15-8-5-4-6-9-15)16-10-7-11-20(30)21(16)25(32)22(17)27(34)28(19,35)26(14)33/h7,10-11,15,17-19,23,30,32-33,35H,4-6,8-9,12-13H2,1-3H3. The van der Waals surface area contributed by atoms with Gasteiger partial charge in [-0.3, -0.25) is 14.5 Å². The zero-order valence-corrected chi connectivity index (χ0v) is 21.8. The van der Waals surface area contributed by atoms with Crippen molar-refractivity contribution in [2.45, 2.75) is 68.3 Å². The van der Waals surface area contributed by atoms with Gasteiger partial charge in [0.1, 0.15) is 17.3 Å². The third kappa shape index (κ3) is 3.63. The lowest BCUT2D eigenvalue weighted by Gasteiger charge is -2.52. The molecular weight excluding hydrogens is 478 g/mol. The maximum Gasteiger partial charge on any atom is 0.202 e. The van der Waals surface area contributed by atoms with Crippen LogP contribution in [0.3, 0.4) is 0 Å². The van der Waals surface area contributed by atoms with E-state index in [1.807, 2.05) is 17.8 Å². The molecule has 8 heteroatoms. The lowest BCUT2D eigenvalue weighted by atomic mass is 9.56. The van der Waals surface area contributed by atoms with Crippen LogP contribution in [0.15, 0.2) is 35.1 Å². The van der Waals surface area contributed by atoms with Gasteiger partial charge in [0.25, 0.3) is 0 Å². The minimum absolute atomic E-state index is 0.0391. The van der Waals surface area contributed by atoms with E-state index in [4.69, 9.17) is 0 Å². The van der Waals surface area contributed by atoms with Crippen LogP contribution < -0.4 is 0 Å². The van der Waals surface area contributed by atoms with Crippen LogP contribution in [0.1, 0.15) is 62.5 Å². The quantitative estimate of drug-likeness (QED) is 0.475. The summed E-state index contributed by atoms with van der Waals surface area (Å²) in [7, 11) is 3.47. The summed E-state index contributed by atoms with van der Waals surface area (Å²) in [6, 6.07) is 4.33. The highest BCUT2D eigenvalue weighted by Crippen LogP contribution is 2.56. The van der Waals surface area contributed by atoms with E-state index < -0.39 is 35.0 Å². The number of phenolic OH excluding ortho intramolecular Hbond substituents is 1. The molecule has 0 saturated heterocycles. The van der Waals surface area contributed by atoms with Crippen LogP contribution in [0, 0.1) is 11.8 Å². The second-order valence-corrected chi connectivity index (χ2v) is 12.3. The van der Waals surface area contributed by atoms with Crippen LogP contribution in [0.5, 0.6) is 5.75 Å².